The van der Waals surface area contributed by atoms with Gasteiger partial charge in [-0.3, -0.25) is 0 Å². The number of hydrogen-bond donors (Lipinski definition) is 2. The van der Waals surface area contributed by atoms with Crippen LogP contribution in [0.3, 0.4) is 0 Å². The number of para-hydroxylation sites is 1. The molecule has 7 heteroatoms. The van der Waals surface area contributed by atoms with E-state index >= 15 is 0 Å². The van der Waals surface area contributed by atoms with Gasteiger partial charge in [-0.05, 0) is 37.2 Å². The van der Waals surface area contributed by atoms with Crippen molar-refractivity contribution in [2.75, 3.05) is 12.4 Å². The average molecular weight is 344 g/mol. The van der Waals surface area contributed by atoms with Crippen LogP contribution < -0.4 is 20.1 Å². The van der Waals surface area contributed by atoms with Crippen LogP contribution in [0.15, 0.2) is 36.4 Å². The summed E-state index contributed by atoms with van der Waals surface area (Å²) in [6.07, 6.45) is 4.77. The van der Waals surface area contributed by atoms with E-state index in [1.54, 1.807) is 13.2 Å². The minimum atomic E-state index is 0.343. The van der Waals surface area contributed by atoms with Gasteiger partial charge in [-0.1, -0.05) is 31.0 Å². The number of nitrogens with one attached hydrogen (secondary N) is 2. The van der Waals surface area contributed by atoms with Crippen molar-refractivity contribution in [2.24, 2.45) is 0 Å². The van der Waals surface area contributed by atoms with Crippen molar-refractivity contribution in [3.05, 3.63) is 36.4 Å². The lowest BCUT2D eigenvalue weighted by Gasteiger charge is -2.15. The maximum absolute atomic E-state index is 5.74. The fraction of sp³-hybridized carbons (Fsp3) is 0.353. The molecule has 126 valence electrons. The molecule has 1 heterocycles. The van der Waals surface area contributed by atoms with Gasteiger partial charge in [0.2, 0.25) is 17.7 Å². The molecule has 1 fully saturated rings. The third kappa shape index (κ3) is 4.55. The maximum Gasteiger partial charge on any atom is 0.235 e. The number of methoxy groups -OCH3 is 1. The fourth-order valence-corrected chi connectivity index (χ4v) is 2.88. The van der Waals surface area contributed by atoms with E-state index in [1.807, 2.05) is 30.3 Å². The highest BCUT2D eigenvalue weighted by Gasteiger charge is 2.16. The van der Waals surface area contributed by atoms with Crippen LogP contribution in [0, 0.1) is 0 Å². The molecule has 0 radical (unpaired) electrons. The molecular formula is C17H20N4O2S. The Morgan fingerprint density at radius 3 is 2.54 bits per heavy atom. The van der Waals surface area contributed by atoms with Gasteiger partial charge in [0.25, 0.3) is 0 Å². The van der Waals surface area contributed by atoms with Crippen molar-refractivity contribution in [3.8, 4) is 17.5 Å². The van der Waals surface area contributed by atoms with Gasteiger partial charge in [-0.15, -0.1) is 0 Å². The first-order chi connectivity index (χ1) is 11.7. The van der Waals surface area contributed by atoms with Crippen LogP contribution >= 0.6 is 12.2 Å². The standard InChI is InChI=1S/C17H20N4O2S/c1-22-14-11-15(23-13-9-3-2-4-10-13)20-16(19-14)21-17(24)18-12-7-5-6-8-12/h2-4,9-12H,5-8H2,1H3,(H2,18,19,20,21,24). The molecule has 0 saturated heterocycles. The molecule has 6 nitrogen and oxygen atoms in total. The first-order valence-corrected chi connectivity index (χ1v) is 8.37. The molecule has 2 aromatic rings. The molecule has 0 bridgehead atoms. The quantitative estimate of drug-likeness (QED) is 0.805. The van der Waals surface area contributed by atoms with Gasteiger partial charge in [0.15, 0.2) is 5.11 Å². The molecule has 0 amide bonds. The Balaban J connectivity index is 1.70. The molecule has 24 heavy (non-hydrogen) atoms. The minimum absolute atomic E-state index is 0.343. The molecule has 1 saturated carbocycles. The van der Waals surface area contributed by atoms with Crippen LogP contribution in [0.2, 0.25) is 0 Å². The summed E-state index contributed by atoms with van der Waals surface area (Å²) < 4.78 is 11.0. The van der Waals surface area contributed by atoms with Crippen molar-refractivity contribution >= 4 is 23.3 Å². The highest BCUT2D eigenvalue weighted by Crippen LogP contribution is 2.24. The summed E-state index contributed by atoms with van der Waals surface area (Å²) in [4.78, 5) is 8.60. The zero-order valence-electron chi connectivity index (χ0n) is 13.5. The second kappa shape index (κ2) is 7.92. The van der Waals surface area contributed by atoms with Gasteiger partial charge in [0.05, 0.1) is 13.2 Å². The van der Waals surface area contributed by atoms with E-state index in [1.165, 1.54) is 12.8 Å². The number of nitrogens with zero attached hydrogens (tertiary/aromatic N) is 2. The van der Waals surface area contributed by atoms with Gasteiger partial charge in [-0.2, -0.15) is 9.97 Å². The first-order valence-electron chi connectivity index (χ1n) is 7.96. The third-order valence-corrected chi connectivity index (χ3v) is 3.99. The normalized spacial score (nSPS) is 14.2. The van der Waals surface area contributed by atoms with Crippen molar-refractivity contribution in [1.29, 1.82) is 0 Å². The van der Waals surface area contributed by atoms with E-state index in [2.05, 4.69) is 20.6 Å². The number of anilines is 1. The van der Waals surface area contributed by atoms with E-state index < -0.39 is 0 Å². The molecule has 3 rings (SSSR count). The molecule has 0 unspecified atom stereocenters. The van der Waals surface area contributed by atoms with E-state index in [0.717, 1.165) is 12.8 Å². The van der Waals surface area contributed by atoms with Crippen LogP contribution in [0.5, 0.6) is 17.5 Å². The van der Waals surface area contributed by atoms with Crippen LogP contribution in [0.25, 0.3) is 0 Å². The monoisotopic (exact) mass is 344 g/mol. The number of benzene rings is 1. The first kappa shape index (κ1) is 16.4. The van der Waals surface area contributed by atoms with Crippen molar-refractivity contribution in [3.63, 3.8) is 0 Å². The third-order valence-electron chi connectivity index (χ3n) is 3.77. The van der Waals surface area contributed by atoms with Crippen molar-refractivity contribution < 1.29 is 9.47 Å². The smallest absolute Gasteiger partial charge is 0.235 e. The number of thiocarbonyl (C=S) groups is 1. The largest absolute Gasteiger partial charge is 0.481 e. The molecule has 0 spiro atoms. The fourth-order valence-electron chi connectivity index (χ4n) is 2.62. The second-order valence-electron chi connectivity index (χ2n) is 5.57. The topological polar surface area (TPSA) is 68.3 Å². The lowest BCUT2D eigenvalue weighted by molar-refractivity contribution is 0.389. The van der Waals surface area contributed by atoms with E-state index in [0.29, 0.717) is 34.6 Å². The van der Waals surface area contributed by atoms with Gasteiger partial charge in [0, 0.05) is 6.04 Å². The summed E-state index contributed by atoms with van der Waals surface area (Å²) in [7, 11) is 1.55. The van der Waals surface area contributed by atoms with Gasteiger partial charge >= 0.3 is 0 Å². The molecule has 0 atom stereocenters. The van der Waals surface area contributed by atoms with Crippen molar-refractivity contribution in [1.82, 2.24) is 15.3 Å². The molecular weight excluding hydrogens is 324 g/mol. The Morgan fingerprint density at radius 2 is 1.83 bits per heavy atom. The number of rotatable bonds is 5. The summed E-state index contributed by atoms with van der Waals surface area (Å²) in [5.74, 6) is 1.83. The molecule has 1 aliphatic rings. The van der Waals surface area contributed by atoms with E-state index in [9.17, 15) is 0 Å². The summed E-state index contributed by atoms with van der Waals surface area (Å²) >= 11 is 5.34. The molecule has 0 aliphatic heterocycles. The maximum atomic E-state index is 5.74. The average Bonchev–Trinajstić information content (AvgIpc) is 3.08. The lowest BCUT2D eigenvalue weighted by Crippen LogP contribution is -2.36. The highest BCUT2D eigenvalue weighted by molar-refractivity contribution is 7.80. The van der Waals surface area contributed by atoms with Crippen LogP contribution in [-0.2, 0) is 0 Å². The Kier molecular flexibility index (Phi) is 5.43. The number of aromatic nitrogens is 2. The van der Waals surface area contributed by atoms with Crippen LogP contribution in [-0.4, -0.2) is 28.2 Å². The van der Waals surface area contributed by atoms with E-state index in [4.69, 9.17) is 21.7 Å². The van der Waals surface area contributed by atoms with Gasteiger partial charge < -0.3 is 20.1 Å². The lowest BCUT2D eigenvalue weighted by atomic mass is 10.3. The summed E-state index contributed by atoms with van der Waals surface area (Å²) in [6, 6.07) is 11.5. The number of ether oxygens (including phenoxy) is 2. The van der Waals surface area contributed by atoms with Crippen LogP contribution in [0.4, 0.5) is 5.95 Å². The van der Waals surface area contributed by atoms with Crippen molar-refractivity contribution in [2.45, 2.75) is 31.7 Å². The molecule has 1 aromatic heterocycles. The minimum Gasteiger partial charge on any atom is -0.481 e. The number of hydrogen-bond acceptors (Lipinski definition) is 5. The highest BCUT2D eigenvalue weighted by atomic mass is 32.1. The second-order valence-corrected chi connectivity index (χ2v) is 5.98. The summed E-state index contributed by atoms with van der Waals surface area (Å²) in [6.45, 7) is 0. The summed E-state index contributed by atoms with van der Waals surface area (Å²) in [5, 5.41) is 6.82. The molecule has 2 N–H and O–H groups in total. The predicted octanol–water partition coefficient (Wildman–Crippen LogP) is 3.51. The Morgan fingerprint density at radius 1 is 1.12 bits per heavy atom. The Bertz CT molecular complexity index is 690. The van der Waals surface area contributed by atoms with Crippen LogP contribution in [0.1, 0.15) is 25.7 Å². The van der Waals surface area contributed by atoms with Gasteiger partial charge in [-0.25, -0.2) is 0 Å². The zero-order chi connectivity index (χ0) is 16.8. The Labute approximate surface area is 146 Å². The SMILES string of the molecule is COc1cc(Oc2ccccc2)nc(NC(=S)NC2CCCC2)n1. The van der Waals surface area contributed by atoms with E-state index in [-0.39, 0.29) is 0 Å². The van der Waals surface area contributed by atoms with Gasteiger partial charge in [0.1, 0.15) is 5.75 Å². The predicted molar refractivity (Wildman–Crippen MR) is 96.7 cm³/mol. The Hall–Kier alpha value is -2.41. The zero-order valence-corrected chi connectivity index (χ0v) is 14.3. The molecule has 1 aromatic carbocycles. The summed E-state index contributed by atoms with van der Waals surface area (Å²) in [5.41, 5.74) is 0. The molecule has 1 aliphatic carbocycles.